The van der Waals surface area contributed by atoms with Crippen molar-refractivity contribution in [3.05, 3.63) is 48.5 Å². The maximum Gasteiger partial charge on any atom is 2.00 e. The molecule has 0 amide bonds. The van der Waals surface area contributed by atoms with E-state index in [0.717, 1.165) is 0 Å². The fraction of sp³-hybridized carbons (Fsp3) is 0.706. The van der Waals surface area contributed by atoms with E-state index < -0.39 is 0 Å². The molecule has 0 unspecified atom stereocenters. The van der Waals surface area contributed by atoms with Crippen molar-refractivity contribution in [2.75, 3.05) is 24.6 Å². The minimum atomic E-state index is 0. The van der Waals surface area contributed by atoms with E-state index in [1.807, 2.05) is 0 Å². The Morgan fingerprint density at radius 2 is 0.757 bits per heavy atom. The van der Waals surface area contributed by atoms with E-state index in [1.54, 1.807) is 10.6 Å². The van der Waals surface area contributed by atoms with Crippen LogP contribution in [0.4, 0.5) is 0 Å². The van der Waals surface area contributed by atoms with Crippen LogP contribution in [0, 0.1) is 0 Å². The van der Waals surface area contributed by atoms with Gasteiger partial charge in [0.05, 0.1) is 0 Å². The first-order valence-corrected chi connectivity index (χ1v) is 19.1. The van der Waals surface area contributed by atoms with Gasteiger partial charge < -0.3 is 0 Å². The molecule has 0 spiro atoms. The summed E-state index contributed by atoms with van der Waals surface area (Å²) in [6, 6.07) is 18.3. The minimum absolute atomic E-state index is 0. The van der Waals surface area contributed by atoms with Gasteiger partial charge in [0.2, 0.25) is 0 Å². The molecular formula is C34H60FeP2. The van der Waals surface area contributed by atoms with E-state index >= 15 is 0 Å². The van der Waals surface area contributed by atoms with Gasteiger partial charge in [0.1, 0.15) is 0 Å². The van der Waals surface area contributed by atoms with Crippen LogP contribution < -0.4 is 10.6 Å². The fourth-order valence-electron chi connectivity index (χ4n) is 4.81. The molecule has 3 heteroatoms. The zero-order valence-corrected chi connectivity index (χ0v) is 27.9. The van der Waals surface area contributed by atoms with Crippen molar-refractivity contribution in [3.8, 4) is 0 Å². The maximum atomic E-state index is 2.35. The van der Waals surface area contributed by atoms with Crippen LogP contribution in [0.5, 0.6) is 0 Å². The molecule has 0 aliphatic rings. The average molecular weight is 587 g/mol. The Kier molecular flexibility index (Phi) is 27.7. The van der Waals surface area contributed by atoms with Crippen molar-refractivity contribution in [3.63, 3.8) is 0 Å². The Balaban J connectivity index is 0.000000682. The molecule has 0 aromatic heterocycles. The van der Waals surface area contributed by atoms with Crippen LogP contribution in [0.15, 0.2) is 48.5 Å². The van der Waals surface area contributed by atoms with Crippen molar-refractivity contribution in [2.24, 2.45) is 0 Å². The molecule has 214 valence electrons. The summed E-state index contributed by atoms with van der Waals surface area (Å²) in [5, 5.41) is 3.30. The van der Waals surface area contributed by atoms with Crippen molar-refractivity contribution in [1.29, 1.82) is 0 Å². The van der Waals surface area contributed by atoms with Crippen LogP contribution in [-0.4, -0.2) is 24.6 Å². The van der Waals surface area contributed by atoms with Crippen LogP contribution in [-0.2, 0) is 17.1 Å². The fourth-order valence-corrected chi connectivity index (χ4v) is 9.90. The molecule has 37 heavy (non-hydrogen) atoms. The topological polar surface area (TPSA) is 0 Å². The van der Waals surface area contributed by atoms with Gasteiger partial charge in [-0.05, 0) is 50.3 Å². The Labute approximate surface area is 246 Å². The predicted molar refractivity (Wildman–Crippen MR) is 173 cm³/mol. The van der Waals surface area contributed by atoms with E-state index in [1.165, 1.54) is 127 Å². The third kappa shape index (κ3) is 19.7. The molecule has 0 radical (unpaired) electrons. The summed E-state index contributed by atoms with van der Waals surface area (Å²) in [4.78, 5) is 0. The van der Waals surface area contributed by atoms with Crippen LogP contribution >= 0.6 is 15.8 Å². The van der Waals surface area contributed by atoms with Crippen LogP contribution in [0.25, 0.3) is 0 Å². The number of hydrogen-bond donors (Lipinski definition) is 0. The maximum absolute atomic E-state index is 2.35. The molecule has 0 nitrogen and oxygen atoms in total. The zero-order valence-electron chi connectivity index (χ0n) is 25.0. The number of hydrogen-bond acceptors (Lipinski definition) is 0. The standard InChI is InChI=1S/2C17H30P.Fe/c2*1-3-5-7-11-15-18(16-12-8-6-4-2)17-13-9-10-14-17;/h2*9-10,13-14H,3-8,11-12,15-16H2,1-2H3;/q2*-1;+2. The molecule has 0 N–H and O–H groups in total. The van der Waals surface area contributed by atoms with Crippen molar-refractivity contribution in [1.82, 2.24) is 0 Å². The van der Waals surface area contributed by atoms with Gasteiger partial charge in [-0.25, -0.2) is 24.3 Å². The molecule has 2 aromatic carbocycles. The number of unbranched alkanes of at least 4 members (excludes halogenated alkanes) is 12. The average Bonchev–Trinajstić information content (AvgIpc) is 3.62. The Morgan fingerprint density at radius 1 is 0.459 bits per heavy atom. The second-order valence-corrected chi connectivity index (χ2v) is 15.5. The normalized spacial score (nSPS) is 11.0. The van der Waals surface area contributed by atoms with E-state index in [9.17, 15) is 0 Å². The third-order valence-corrected chi connectivity index (χ3v) is 12.6. The molecule has 0 aliphatic heterocycles. The largest absolute Gasteiger partial charge is 2.00 e. The van der Waals surface area contributed by atoms with Gasteiger partial charge in [0.15, 0.2) is 0 Å². The van der Waals surface area contributed by atoms with E-state index in [-0.39, 0.29) is 32.9 Å². The zero-order chi connectivity index (χ0) is 26.1. The van der Waals surface area contributed by atoms with Gasteiger partial charge in [-0.2, -0.15) is 24.3 Å². The van der Waals surface area contributed by atoms with E-state index in [4.69, 9.17) is 0 Å². The first kappa shape index (κ1) is 37.1. The minimum Gasteiger partial charge on any atom is -0.213 e. The van der Waals surface area contributed by atoms with Crippen LogP contribution in [0.3, 0.4) is 0 Å². The first-order valence-electron chi connectivity index (χ1n) is 15.7. The Morgan fingerprint density at radius 3 is 0.973 bits per heavy atom. The van der Waals surface area contributed by atoms with E-state index in [0.29, 0.717) is 0 Å². The molecule has 0 fully saturated rings. The summed E-state index contributed by atoms with van der Waals surface area (Å²) < 4.78 is 0. The van der Waals surface area contributed by atoms with Crippen LogP contribution in [0.1, 0.15) is 130 Å². The Hall–Kier alpha value is 0.0795. The second kappa shape index (κ2) is 27.6. The first-order chi connectivity index (χ1) is 17.8. The van der Waals surface area contributed by atoms with Crippen molar-refractivity contribution < 1.29 is 17.1 Å². The quantitative estimate of drug-likeness (QED) is 0.0557. The van der Waals surface area contributed by atoms with Crippen LogP contribution in [0.2, 0.25) is 0 Å². The molecular weight excluding hydrogens is 526 g/mol. The van der Waals surface area contributed by atoms with Gasteiger partial charge in [-0.3, -0.25) is 0 Å². The Bertz CT molecular complexity index is 567. The summed E-state index contributed by atoms with van der Waals surface area (Å²) >= 11 is 0. The van der Waals surface area contributed by atoms with E-state index in [2.05, 4.69) is 76.2 Å². The molecule has 0 heterocycles. The smallest absolute Gasteiger partial charge is 0.213 e. The summed E-state index contributed by atoms with van der Waals surface area (Å²) in [7, 11) is 0.296. The molecule has 0 atom stereocenters. The van der Waals surface area contributed by atoms with Gasteiger partial charge in [0.25, 0.3) is 0 Å². The molecule has 2 aromatic rings. The SMILES string of the molecule is CCCCCCP(CCCCCC)c1ccc[cH-]1.CCCCCCP(CCCCCC)c1ccc[cH-]1.[Fe+2]. The molecule has 0 saturated heterocycles. The molecule has 2 rings (SSSR count). The third-order valence-electron chi connectivity index (χ3n) is 7.15. The summed E-state index contributed by atoms with van der Waals surface area (Å²) in [6.07, 6.45) is 28.4. The number of rotatable bonds is 22. The van der Waals surface area contributed by atoms with Crippen molar-refractivity contribution >= 4 is 26.5 Å². The monoisotopic (exact) mass is 586 g/mol. The summed E-state index contributed by atoms with van der Waals surface area (Å²) in [6.45, 7) is 9.19. The second-order valence-electron chi connectivity index (χ2n) is 10.5. The molecule has 0 bridgehead atoms. The van der Waals surface area contributed by atoms with Crippen molar-refractivity contribution in [2.45, 2.75) is 130 Å². The molecule has 0 saturated carbocycles. The predicted octanol–water partition coefficient (Wildman–Crippen LogP) is 11.3. The van der Waals surface area contributed by atoms with Gasteiger partial charge in [-0.15, -0.1) is 26.5 Å². The summed E-state index contributed by atoms with van der Waals surface area (Å²) in [5.41, 5.74) is 0. The molecule has 0 aliphatic carbocycles. The summed E-state index contributed by atoms with van der Waals surface area (Å²) in [5.74, 6) is 0. The van der Waals surface area contributed by atoms with Gasteiger partial charge in [-0.1, -0.05) is 105 Å². The van der Waals surface area contributed by atoms with Gasteiger partial charge >= 0.3 is 17.1 Å². The van der Waals surface area contributed by atoms with Gasteiger partial charge in [0, 0.05) is 0 Å².